The van der Waals surface area contributed by atoms with E-state index >= 15 is 0 Å². The normalized spacial score (nSPS) is 21.7. The Morgan fingerprint density at radius 3 is 2.65 bits per heavy atom. The molecule has 7 heteroatoms. The van der Waals surface area contributed by atoms with Crippen molar-refractivity contribution in [3.63, 3.8) is 0 Å². The highest BCUT2D eigenvalue weighted by atomic mass is 35.5. The van der Waals surface area contributed by atoms with Crippen LogP contribution in [0.5, 0.6) is 0 Å². The van der Waals surface area contributed by atoms with E-state index in [1.807, 2.05) is 37.3 Å². The van der Waals surface area contributed by atoms with Gasteiger partial charge in [0.2, 0.25) is 5.91 Å². The number of fused-ring (bicyclic) bond motifs is 3. The van der Waals surface area contributed by atoms with Crippen molar-refractivity contribution in [2.24, 2.45) is 5.73 Å². The summed E-state index contributed by atoms with van der Waals surface area (Å²) in [6, 6.07) is 15.0. The third-order valence-corrected chi connectivity index (χ3v) is 7.38. The summed E-state index contributed by atoms with van der Waals surface area (Å²) in [5.41, 5.74) is 8.94. The Labute approximate surface area is 203 Å². The molecule has 0 bridgehead atoms. The van der Waals surface area contributed by atoms with E-state index in [9.17, 15) is 14.9 Å². The molecule has 2 N–H and O–H groups in total. The summed E-state index contributed by atoms with van der Waals surface area (Å²) in [6.45, 7) is 5.91. The molecule has 170 valence electrons. The Bertz CT molecular complexity index is 1380. The van der Waals surface area contributed by atoms with Crippen LogP contribution in [-0.4, -0.2) is 18.2 Å². The number of rotatable bonds is 3. The van der Waals surface area contributed by atoms with Crippen LogP contribution in [0.1, 0.15) is 30.4 Å². The first-order valence-corrected chi connectivity index (χ1v) is 11.5. The number of benzene rings is 2. The van der Waals surface area contributed by atoms with Crippen molar-refractivity contribution in [3.05, 3.63) is 93.9 Å². The molecule has 1 aliphatic carbocycles. The molecule has 2 aromatic rings. The molecule has 2 aromatic carbocycles. The van der Waals surface area contributed by atoms with Crippen molar-refractivity contribution in [1.29, 1.82) is 5.26 Å². The lowest BCUT2D eigenvalue weighted by atomic mass is 9.63. The van der Waals surface area contributed by atoms with Crippen LogP contribution in [0, 0.1) is 18.3 Å². The van der Waals surface area contributed by atoms with Crippen LogP contribution in [0.25, 0.3) is 0 Å². The Balaban J connectivity index is 1.90. The molecular weight excluding hydrogens is 448 g/mol. The number of carbonyl (C=O) groups excluding carboxylic acids is 2. The summed E-state index contributed by atoms with van der Waals surface area (Å²) < 4.78 is 0. The van der Waals surface area contributed by atoms with Gasteiger partial charge in [0.1, 0.15) is 17.3 Å². The minimum Gasteiger partial charge on any atom is -0.384 e. The van der Waals surface area contributed by atoms with Crippen LogP contribution >= 0.6 is 11.6 Å². The van der Waals surface area contributed by atoms with Crippen LogP contribution < -0.4 is 15.5 Å². The molecule has 6 nitrogen and oxygen atoms in total. The third-order valence-electron chi connectivity index (χ3n) is 6.97. The first-order chi connectivity index (χ1) is 16.4. The fourth-order valence-corrected chi connectivity index (χ4v) is 5.72. The number of hydrogen-bond acceptors (Lipinski definition) is 5. The van der Waals surface area contributed by atoms with Gasteiger partial charge in [0.15, 0.2) is 5.78 Å². The average molecular weight is 471 g/mol. The number of para-hydroxylation sites is 1. The highest BCUT2D eigenvalue weighted by Crippen LogP contribution is 2.57. The van der Waals surface area contributed by atoms with Crippen LogP contribution in [-0.2, 0) is 15.0 Å². The summed E-state index contributed by atoms with van der Waals surface area (Å²) in [5, 5.41) is 11.0. The van der Waals surface area contributed by atoms with E-state index in [0.717, 1.165) is 5.56 Å². The van der Waals surface area contributed by atoms with Gasteiger partial charge in [0, 0.05) is 40.5 Å². The number of ketones is 1. The predicted molar refractivity (Wildman–Crippen MR) is 132 cm³/mol. The van der Waals surface area contributed by atoms with Crippen molar-refractivity contribution < 1.29 is 9.59 Å². The maximum Gasteiger partial charge on any atom is 0.248 e. The Morgan fingerprint density at radius 1 is 1.18 bits per heavy atom. The van der Waals surface area contributed by atoms with Gasteiger partial charge in [-0.25, -0.2) is 0 Å². The molecule has 0 unspecified atom stereocenters. The van der Waals surface area contributed by atoms with Crippen LogP contribution in [0.4, 0.5) is 11.4 Å². The molecule has 0 saturated carbocycles. The number of allylic oxidation sites excluding steroid dienone is 1. The quantitative estimate of drug-likeness (QED) is 0.660. The summed E-state index contributed by atoms with van der Waals surface area (Å²) in [4.78, 5) is 31.2. The van der Waals surface area contributed by atoms with Crippen LogP contribution in [0.3, 0.4) is 0 Å². The average Bonchev–Trinajstić information content (AvgIpc) is 3.06. The monoisotopic (exact) mass is 470 g/mol. The van der Waals surface area contributed by atoms with Gasteiger partial charge >= 0.3 is 0 Å². The lowest BCUT2D eigenvalue weighted by Gasteiger charge is -2.44. The van der Waals surface area contributed by atoms with Crippen LogP contribution in [0.15, 0.2) is 77.8 Å². The maximum atomic E-state index is 14.2. The minimum absolute atomic E-state index is 0.0601. The lowest BCUT2D eigenvalue weighted by Crippen LogP contribution is -2.52. The van der Waals surface area contributed by atoms with E-state index in [-0.39, 0.29) is 29.6 Å². The molecule has 34 heavy (non-hydrogen) atoms. The topological polar surface area (TPSA) is 90.4 Å². The van der Waals surface area contributed by atoms with Crippen molar-refractivity contribution in [2.75, 3.05) is 16.3 Å². The first-order valence-electron chi connectivity index (χ1n) is 11.1. The van der Waals surface area contributed by atoms with E-state index in [4.69, 9.17) is 17.3 Å². The van der Waals surface area contributed by atoms with E-state index in [2.05, 4.69) is 12.6 Å². The molecule has 0 saturated heterocycles. The van der Waals surface area contributed by atoms with E-state index < -0.39 is 5.41 Å². The summed E-state index contributed by atoms with van der Waals surface area (Å²) in [7, 11) is 0. The molecular formula is C27H23ClN4O2. The molecule has 0 aromatic heterocycles. The number of nitrogens with zero attached hydrogens (tertiary/aromatic N) is 3. The molecule has 2 aliphatic heterocycles. The van der Waals surface area contributed by atoms with E-state index in [0.29, 0.717) is 52.5 Å². The van der Waals surface area contributed by atoms with Crippen molar-refractivity contribution in [3.8, 4) is 6.07 Å². The van der Waals surface area contributed by atoms with Gasteiger partial charge in [0.25, 0.3) is 0 Å². The zero-order valence-corrected chi connectivity index (χ0v) is 19.5. The Kier molecular flexibility index (Phi) is 5.11. The Morgan fingerprint density at radius 2 is 1.91 bits per heavy atom. The second-order valence-corrected chi connectivity index (χ2v) is 9.07. The highest BCUT2D eigenvalue weighted by Gasteiger charge is 2.62. The number of nitrogens with two attached hydrogens (primary N) is 1. The van der Waals surface area contributed by atoms with Gasteiger partial charge in [0.05, 0.1) is 11.3 Å². The number of anilines is 2. The van der Waals surface area contributed by atoms with Gasteiger partial charge in [-0.1, -0.05) is 41.9 Å². The van der Waals surface area contributed by atoms with Gasteiger partial charge in [-0.2, -0.15) is 5.26 Å². The third kappa shape index (κ3) is 2.68. The van der Waals surface area contributed by atoms with Gasteiger partial charge in [-0.3, -0.25) is 14.5 Å². The van der Waals surface area contributed by atoms with E-state index in [1.165, 1.54) is 0 Å². The minimum atomic E-state index is -1.58. The van der Waals surface area contributed by atoms with Crippen molar-refractivity contribution in [2.45, 2.75) is 31.6 Å². The highest BCUT2D eigenvalue weighted by molar-refractivity contribution is 6.31. The molecule has 2 heterocycles. The fourth-order valence-electron chi connectivity index (χ4n) is 5.55. The maximum absolute atomic E-state index is 14.2. The predicted octanol–water partition coefficient (Wildman–Crippen LogP) is 4.64. The SMILES string of the molecule is C=CCN1C(=O)[C@@]2(C(C#N)=C(N)N(c3cccc(Cl)c3C)C3=C2C(=O)CCC3)c2ccccc21. The zero-order valence-electron chi connectivity index (χ0n) is 18.8. The smallest absolute Gasteiger partial charge is 0.248 e. The van der Waals surface area contributed by atoms with E-state index in [1.54, 1.807) is 28.0 Å². The van der Waals surface area contributed by atoms with Gasteiger partial charge in [-0.15, -0.1) is 6.58 Å². The van der Waals surface area contributed by atoms with Gasteiger partial charge < -0.3 is 10.6 Å². The lowest BCUT2D eigenvalue weighted by molar-refractivity contribution is -0.124. The molecule has 0 radical (unpaired) electrons. The molecule has 3 aliphatic rings. The van der Waals surface area contributed by atoms with Crippen molar-refractivity contribution in [1.82, 2.24) is 0 Å². The second kappa shape index (κ2) is 7.89. The molecule has 1 atom stereocenters. The summed E-state index contributed by atoms with van der Waals surface area (Å²) in [5.74, 6) is -0.349. The fraction of sp³-hybridized carbons (Fsp3) is 0.222. The van der Waals surface area contributed by atoms with Crippen LogP contribution in [0.2, 0.25) is 5.02 Å². The number of carbonyl (C=O) groups is 2. The zero-order chi connectivity index (χ0) is 24.2. The standard InChI is InChI=1S/C27H23ClN4O2/c1-3-14-31-21-10-5-4-8-17(21)27(26(31)34)18(15-29)25(30)32(20-11-6-9-19(28)16(20)2)22-12-7-13-23(33)24(22)27/h3-6,8-11H,1,7,12-14,30H2,2H3/t27-/m1/s1. The number of amides is 1. The Hall–Kier alpha value is -3.82. The number of halogens is 1. The summed E-state index contributed by atoms with van der Waals surface area (Å²) in [6.07, 6.45) is 3.12. The van der Waals surface area contributed by atoms with Gasteiger partial charge in [-0.05, 0) is 43.5 Å². The first kappa shape index (κ1) is 22.0. The molecule has 1 amide bonds. The number of Topliss-reactive ketones (excluding diaryl/α,β-unsaturated/α-hetero) is 1. The number of nitriles is 1. The van der Waals surface area contributed by atoms with Crippen molar-refractivity contribution >= 4 is 34.7 Å². The second-order valence-electron chi connectivity index (χ2n) is 8.66. The molecule has 1 spiro atoms. The number of hydrogen-bond donors (Lipinski definition) is 1. The molecule has 5 rings (SSSR count). The largest absolute Gasteiger partial charge is 0.384 e. The summed E-state index contributed by atoms with van der Waals surface area (Å²) >= 11 is 6.42. The molecule has 0 fully saturated rings.